The number of rotatable bonds is 4. The number of fused-ring (bicyclic) bond motifs is 1. The zero-order chi connectivity index (χ0) is 19.9. The summed E-state index contributed by atoms with van der Waals surface area (Å²) in [4.78, 5) is 32.1. The highest BCUT2D eigenvalue weighted by Gasteiger charge is 2.19. The second-order valence-corrected chi connectivity index (χ2v) is 8.95. The molecule has 0 radical (unpaired) electrons. The number of aromatic nitrogens is 2. The van der Waals surface area contributed by atoms with E-state index in [-0.39, 0.29) is 16.5 Å². The Kier molecular flexibility index (Phi) is 4.46. The molecule has 146 valence electrons. The van der Waals surface area contributed by atoms with Gasteiger partial charge >= 0.3 is 5.69 Å². The molecule has 0 aliphatic carbocycles. The van der Waals surface area contributed by atoms with Gasteiger partial charge in [0.05, 0.1) is 27.3 Å². The van der Waals surface area contributed by atoms with Crippen LogP contribution in [0.3, 0.4) is 0 Å². The Labute approximate surface area is 161 Å². The number of H-pyrrole nitrogens is 2. The number of anilines is 2. The van der Waals surface area contributed by atoms with Crippen molar-refractivity contribution in [3.63, 3.8) is 0 Å². The SMILES string of the molecule is CS(=O)(=O)c1ccc(C(=O)Nc2cc3[nH]c(=O)[nH]c3cc2N2CCCC2)cc1. The number of nitrogens with zero attached hydrogens (tertiary/aromatic N) is 1. The fourth-order valence-corrected chi connectivity index (χ4v) is 4.07. The van der Waals surface area contributed by atoms with Gasteiger partial charge in [-0.3, -0.25) is 4.79 Å². The van der Waals surface area contributed by atoms with Gasteiger partial charge in [0.1, 0.15) is 0 Å². The van der Waals surface area contributed by atoms with Gasteiger partial charge in [0, 0.05) is 24.9 Å². The highest BCUT2D eigenvalue weighted by Crippen LogP contribution is 2.32. The average molecular weight is 400 g/mol. The Bertz CT molecular complexity index is 1200. The number of hydrogen-bond acceptors (Lipinski definition) is 5. The molecule has 1 aliphatic heterocycles. The molecular weight excluding hydrogens is 380 g/mol. The number of sulfone groups is 1. The topological polar surface area (TPSA) is 115 Å². The van der Waals surface area contributed by atoms with Crippen molar-refractivity contribution in [1.29, 1.82) is 0 Å². The first-order chi connectivity index (χ1) is 13.3. The van der Waals surface area contributed by atoms with Crippen molar-refractivity contribution in [3.8, 4) is 0 Å². The Balaban J connectivity index is 1.68. The number of carbonyl (C=O) groups is 1. The fourth-order valence-electron chi connectivity index (χ4n) is 3.44. The predicted octanol–water partition coefficient (Wildman–Crippen LogP) is 2.11. The van der Waals surface area contributed by atoms with Crippen LogP contribution in [0.4, 0.5) is 11.4 Å². The molecule has 0 unspecified atom stereocenters. The lowest BCUT2D eigenvalue weighted by molar-refractivity contribution is 0.102. The van der Waals surface area contributed by atoms with Gasteiger partial charge in [-0.1, -0.05) is 0 Å². The number of benzene rings is 2. The molecule has 4 rings (SSSR count). The van der Waals surface area contributed by atoms with E-state index in [0.29, 0.717) is 22.3 Å². The van der Waals surface area contributed by atoms with Crippen LogP contribution < -0.4 is 15.9 Å². The molecule has 0 bridgehead atoms. The smallest absolute Gasteiger partial charge is 0.323 e. The third-order valence-corrected chi connectivity index (χ3v) is 6.00. The van der Waals surface area contributed by atoms with Crippen LogP contribution in [0.2, 0.25) is 0 Å². The van der Waals surface area contributed by atoms with Gasteiger partial charge in [-0.25, -0.2) is 13.2 Å². The van der Waals surface area contributed by atoms with Crippen molar-refractivity contribution in [2.45, 2.75) is 17.7 Å². The Morgan fingerprint density at radius 3 is 2.25 bits per heavy atom. The molecule has 8 nitrogen and oxygen atoms in total. The molecule has 2 heterocycles. The third-order valence-electron chi connectivity index (χ3n) is 4.87. The van der Waals surface area contributed by atoms with Crippen LogP contribution in [0.1, 0.15) is 23.2 Å². The molecule has 1 fully saturated rings. The molecule has 0 spiro atoms. The summed E-state index contributed by atoms with van der Waals surface area (Å²) < 4.78 is 23.2. The van der Waals surface area contributed by atoms with Crippen LogP contribution >= 0.6 is 0 Å². The lowest BCUT2D eigenvalue weighted by Crippen LogP contribution is -2.21. The first-order valence-corrected chi connectivity index (χ1v) is 10.8. The number of amides is 1. The van der Waals surface area contributed by atoms with Gasteiger partial charge in [0.15, 0.2) is 9.84 Å². The Morgan fingerprint density at radius 1 is 1.04 bits per heavy atom. The normalized spacial score (nSPS) is 14.5. The zero-order valence-electron chi connectivity index (χ0n) is 15.3. The first-order valence-electron chi connectivity index (χ1n) is 8.94. The van der Waals surface area contributed by atoms with E-state index >= 15 is 0 Å². The van der Waals surface area contributed by atoms with Crippen LogP contribution in [0.15, 0.2) is 46.1 Å². The molecule has 1 amide bonds. The maximum absolute atomic E-state index is 12.7. The van der Waals surface area contributed by atoms with Crippen molar-refractivity contribution in [3.05, 3.63) is 52.4 Å². The Hall–Kier alpha value is -3.07. The minimum atomic E-state index is -3.32. The maximum Gasteiger partial charge on any atom is 0.323 e. The Morgan fingerprint density at radius 2 is 1.64 bits per heavy atom. The second kappa shape index (κ2) is 6.83. The maximum atomic E-state index is 12.7. The first kappa shape index (κ1) is 18.3. The molecule has 1 aromatic heterocycles. The summed E-state index contributed by atoms with van der Waals surface area (Å²) in [5.41, 5.74) is 2.78. The van der Waals surface area contributed by atoms with Crippen molar-refractivity contribution < 1.29 is 13.2 Å². The van der Waals surface area contributed by atoms with Crippen LogP contribution in [0, 0.1) is 0 Å². The van der Waals surface area contributed by atoms with Gasteiger partial charge in [0.25, 0.3) is 5.91 Å². The molecule has 3 N–H and O–H groups in total. The predicted molar refractivity (Wildman–Crippen MR) is 108 cm³/mol. The van der Waals surface area contributed by atoms with Crippen molar-refractivity contribution in [2.24, 2.45) is 0 Å². The van der Waals surface area contributed by atoms with Gasteiger partial charge in [-0.15, -0.1) is 0 Å². The summed E-state index contributed by atoms with van der Waals surface area (Å²) >= 11 is 0. The molecule has 3 aromatic rings. The lowest BCUT2D eigenvalue weighted by atomic mass is 10.1. The zero-order valence-corrected chi connectivity index (χ0v) is 16.1. The van der Waals surface area contributed by atoms with Gasteiger partial charge in [-0.2, -0.15) is 0 Å². The number of nitrogens with one attached hydrogen (secondary N) is 3. The number of imidazole rings is 1. The summed E-state index contributed by atoms with van der Waals surface area (Å²) in [6.07, 6.45) is 3.27. The van der Waals surface area contributed by atoms with E-state index < -0.39 is 9.84 Å². The highest BCUT2D eigenvalue weighted by atomic mass is 32.2. The van der Waals surface area contributed by atoms with Crippen molar-refractivity contribution in [1.82, 2.24) is 9.97 Å². The van der Waals surface area contributed by atoms with E-state index in [1.807, 2.05) is 6.07 Å². The summed E-state index contributed by atoms with van der Waals surface area (Å²) in [5, 5.41) is 2.90. The van der Waals surface area contributed by atoms with Crippen LogP contribution in [0.5, 0.6) is 0 Å². The molecule has 1 aliphatic rings. The fraction of sp³-hybridized carbons (Fsp3) is 0.263. The average Bonchev–Trinajstić information content (AvgIpc) is 3.28. The molecule has 2 aromatic carbocycles. The van der Waals surface area contributed by atoms with Crippen molar-refractivity contribution in [2.75, 3.05) is 29.6 Å². The van der Waals surface area contributed by atoms with E-state index in [4.69, 9.17) is 0 Å². The summed E-state index contributed by atoms with van der Waals surface area (Å²) in [6.45, 7) is 1.76. The highest BCUT2D eigenvalue weighted by molar-refractivity contribution is 7.90. The van der Waals surface area contributed by atoms with E-state index in [1.165, 1.54) is 24.3 Å². The van der Waals surface area contributed by atoms with Crippen molar-refractivity contribution >= 4 is 38.2 Å². The van der Waals surface area contributed by atoms with E-state index in [0.717, 1.165) is 37.9 Å². The molecule has 0 atom stereocenters. The third kappa shape index (κ3) is 3.53. The van der Waals surface area contributed by atoms with Gasteiger partial charge in [0.2, 0.25) is 0 Å². The van der Waals surface area contributed by atoms with Crippen LogP contribution in [-0.2, 0) is 9.84 Å². The standard InChI is InChI=1S/C19H20N4O4S/c1-28(26,27)13-6-4-12(5-7-13)18(24)20-16-10-14-15(22-19(25)21-14)11-17(16)23-8-2-3-9-23/h4-7,10-11H,2-3,8-9H2,1H3,(H,20,24)(H2,21,22,25). The summed E-state index contributed by atoms with van der Waals surface area (Å²) in [6, 6.07) is 9.40. The number of hydrogen-bond donors (Lipinski definition) is 3. The number of aromatic amines is 2. The van der Waals surface area contributed by atoms with Crippen LogP contribution in [-0.4, -0.2) is 43.6 Å². The number of carbonyl (C=O) groups excluding carboxylic acids is 1. The molecular formula is C19H20N4O4S. The molecule has 9 heteroatoms. The lowest BCUT2D eigenvalue weighted by Gasteiger charge is -2.22. The van der Waals surface area contributed by atoms with E-state index in [2.05, 4.69) is 20.2 Å². The summed E-state index contributed by atoms with van der Waals surface area (Å²) in [7, 11) is -3.32. The van der Waals surface area contributed by atoms with Crippen LogP contribution in [0.25, 0.3) is 11.0 Å². The molecule has 0 saturated carbocycles. The van der Waals surface area contributed by atoms with Gasteiger partial charge in [-0.05, 0) is 49.2 Å². The molecule has 28 heavy (non-hydrogen) atoms. The van der Waals surface area contributed by atoms with Gasteiger partial charge < -0.3 is 20.2 Å². The second-order valence-electron chi connectivity index (χ2n) is 6.94. The summed E-state index contributed by atoms with van der Waals surface area (Å²) in [5.74, 6) is -0.349. The quantitative estimate of drug-likeness (QED) is 0.620. The largest absolute Gasteiger partial charge is 0.370 e. The minimum Gasteiger partial charge on any atom is -0.370 e. The molecule has 1 saturated heterocycles. The monoisotopic (exact) mass is 400 g/mol. The van der Waals surface area contributed by atoms with E-state index in [1.54, 1.807) is 6.07 Å². The minimum absolute atomic E-state index is 0.160. The van der Waals surface area contributed by atoms with E-state index in [9.17, 15) is 18.0 Å².